The Morgan fingerprint density at radius 2 is 2.18 bits per heavy atom. The van der Waals surface area contributed by atoms with Gasteiger partial charge in [-0.05, 0) is 12.1 Å². The highest BCUT2D eigenvalue weighted by Crippen LogP contribution is 2.23. The van der Waals surface area contributed by atoms with Gasteiger partial charge in [-0.2, -0.15) is 0 Å². The molecule has 0 amide bonds. The van der Waals surface area contributed by atoms with Crippen molar-refractivity contribution in [1.82, 2.24) is 0 Å². The molecule has 0 aromatic heterocycles. The first-order chi connectivity index (χ1) is 5.34. The quantitative estimate of drug-likeness (QED) is 0.423. The van der Waals surface area contributed by atoms with Crippen LogP contribution in [0.3, 0.4) is 0 Å². The molecule has 0 aliphatic carbocycles. The van der Waals surface area contributed by atoms with E-state index >= 15 is 0 Å². The SMILES string of the molecule is C=CCSc1ccccc1N. The Labute approximate surface area is 71.3 Å². The normalized spacial score (nSPS) is 9.45. The average molecular weight is 165 g/mol. The third-order valence-corrected chi connectivity index (χ3v) is 2.36. The standard InChI is InChI=1S/C9H11NS/c1-2-7-11-9-6-4-3-5-8(9)10/h2-6H,1,7,10H2. The van der Waals surface area contributed by atoms with E-state index in [1.165, 1.54) is 0 Å². The van der Waals surface area contributed by atoms with Gasteiger partial charge in [0.15, 0.2) is 0 Å². The van der Waals surface area contributed by atoms with Crippen molar-refractivity contribution in [3.63, 3.8) is 0 Å². The van der Waals surface area contributed by atoms with Gasteiger partial charge in [-0.25, -0.2) is 0 Å². The summed E-state index contributed by atoms with van der Waals surface area (Å²) in [7, 11) is 0. The first-order valence-electron chi connectivity index (χ1n) is 3.43. The van der Waals surface area contributed by atoms with Crippen molar-refractivity contribution in [2.24, 2.45) is 0 Å². The Balaban J connectivity index is 2.69. The van der Waals surface area contributed by atoms with Gasteiger partial charge in [0.25, 0.3) is 0 Å². The number of hydrogen-bond donors (Lipinski definition) is 1. The lowest BCUT2D eigenvalue weighted by atomic mass is 10.3. The van der Waals surface area contributed by atoms with Gasteiger partial charge in [0.05, 0.1) is 0 Å². The molecule has 1 nitrogen and oxygen atoms in total. The van der Waals surface area contributed by atoms with Crippen molar-refractivity contribution >= 4 is 17.4 Å². The van der Waals surface area contributed by atoms with E-state index in [4.69, 9.17) is 5.73 Å². The summed E-state index contributed by atoms with van der Waals surface area (Å²) in [6, 6.07) is 7.85. The molecular formula is C9H11NS. The van der Waals surface area contributed by atoms with E-state index in [0.29, 0.717) is 0 Å². The molecule has 0 saturated heterocycles. The fourth-order valence-corrected chi connectivity index (χ4v) is 1.47. The molecule has 0 unspecified atom stereocenters. The number of para-hydroxylation sites is 1. The van der Waals surface area contributed by atoms with Crippen LogP contribution >= 0.6 is 11.8 Å². The minimum absolute atomic E-state index is 0.847. The van der Waals surface area contributed by atoms with Crippen LogP contribution in [-0.2, 0) is 0 Å². The van der Waals surface area contributed by atoms with Crippen LogP contribution in [0.15, 0.2) is 41.8 Å². The number of hydrogen-bond acceptors (Lipinski definition) is 2. The molecular weight excluding hydrogens is 154 g/mol. The monoisotopic (exact) mass is 165 g/mol. The first kappa shape index (κ1) is 8.21. The molecule has 0 bridgehead atoms. The van der Waals surface area contributed by atoms with Crippen LogP contribution < -0.4 is 5.73 Å². The maximum atomic E-state index is 5.71. The van der Waals surface area contributed by atoms with Crippen molar-refractivity contribution in [1.29, 1.82) is 0 Å². The molecule has 0 fully saturated rings. The predicted octanol–water partition coefficient (Wildman–Crippen LogP) is 2.55. The summed E-state index contributed by atoms with van der Waals surface area (Å²) in [5.74, 6) is 0.911. The number of benzene rings is 1. The molecule has 0 spiro atoms. The minimum atomic E-state index is 0.847. The smallest absolute Gasteiger partial charge is 0.0452 e. The highest BCUT2D eigenvalue weighted by atomic mass is 32.2. The van der Waals surface area contributed by atoms with Gasteiger partial charge >= 0.3 is 0 Å². The molecule has 1 aromatic rings. The molecule has 2 heteroatoms. The summed E-state index contributed by atoms with van der Waals surface area (Å²) in [6.45, 7) is 3.64. The Kier molecular flexibility index (Phi) is 3.05. The van der Waals surface area contributed by atoms with Crippen LogP contribution in [0.1, 0.15) is 0 Å². The molecule has 1 aromatic carbocycles. The van der Waals surface area contributed by atoms with Gasteiger partial charge < -0.3 is 5.73 Å². The maximum absolute atomic E-state index is 5.71. The maximum Gasteiger partial charge on any atom is 0.0452 e. The molecule has 0 radical (unpaired) electrons. The topological polar surface area (TPSA) is 26.0 Å². The van der Waals surface area contributed by atoms with E-state index in [9.17, 15) is 0 Å². The van der Waals surface area contributed by atoms with Crippen LogP contribution in [0, 0.1) is 0 Å². The summed E-state index contributed by atoms with van der Waals surface area (Å²) in [6.07, 6.45) is 1.87. The van der Waals surface area contributed by atoms with Crippen LogP contribution in [0.5, 0.6) is 0 Å². The second-order valence-corrected chi connectivity index (χ2v) is 3.20. The highest BCUT2D eigenvalue weighted by Gasteiger charge is 1.94. The Hall–Kier alpha value is -0.890. The zero-order valence-electron chi connectivity index (χ0n) is 6.29. The summed E-state index contributed by atoms with van der Waals surface area (Å²) >= 11 is 1.70. The first-order valence-corrected chi connectivity index (χ1v) is 4.41. The van der Waals surface area contributed by atoms with E-state index in [0.717, 1.165) is 16.3 Å². The molecule has 0 saturated carbocycles. The van der Waals surface area contributed by atoms with Crippen molar-refractivity contribution in [2.45, 2.75) is 4.90 Å². The lowest BCUT2D eigenvalue weighted by Gasteiger charge is -2.00. The van der Waals surface area contributed by atoms with E-state index in [1.807, 2.05) is 30.3 Å². The number of nitrogens with two attached hydrogens (primary N) is 1. The second-order valence-electron chi connectivity index (χ2n) is 2.14. The van der Waals surface area contributed by atoms with Gasteiger partial charge in [-0.15, -0.1) is 18.3 Å². The van der Waals surface area contributed by atoms with Crippen LogP contribution in [0.4, 0.5) is 5.69 Å². The molecule has 2 N–H and O–H groups in total. The van der Waals surface area contributed by atoms with Crippen molar-refractivity contribution in [3.05, 3.63) is 36.9 Å². The van der Waals surface area contributed by atoms with Gasteiger partial charge in [0.1, 0.15) is 0 Å². The van der Waals surface area contributed by atoms with E-state index in [2.05, 4.69) is 6.58 Å². The van der Waals surface area contributed by atoms with Crippen molar-refractivity contribution in [2.75, 3.05) is 11.5 Å². The largest absolute Gasteiger partial charge is 0.398 e. The average Bonchev–Trinajstić information content (AvgIpc) is 2.03. The lowest BCUT2D eigenvalue weighted by Crippen LogP contribution is -1.86. The summed E-state index contributed by atoms with van der Waals surface area (Å²) in [4.78, 5) is 1.13. The van der Waals surface area contributed by atoms with E-state index in [-0.39, 0.29) is 0 Å². The molecule has 0 heterocycles. The number of nitrogen functional groups attached to an aromatic ring is 1. The molecule has 0 aliphatic heterocycles. The third kappa shape index (κ3) is 2.31. The fourth-order valence-electron chi connectivity index (χ4n) is 0.761. The van der Waals surface area contributed by atoms with Gasteiger partial charge in [0.2, 0.25) is 0 Å². The predicted molar refractivity (Wildman–Crippen MR) is 51.8 cm³/mol. The van der Waals surface area contributed by atoms with Gasteiger partial charge in [0, 0.05) is 16.3 Å². The third-order valence-electron chi connectivity index (χ3n) is 1.28. The zero-order valence-corrected chi connectivity index (χ0v) is 7.10. The van der Waals surface area contributed by atoms with Gasteiger partial charge in [-0.3, -0.25) is 0 Å². The Morgan fingerprint density at radius 3 is 2.82 bits per heavy atom. The Bertz CT molecular complexity index is 245. The fraction of sp³-hybridized carbons (Fsp3) is 0.111. The minimum Gasteiger partial charge on any atom is -0.398 e. The second kappa shape index (κ2) is 4.09. The van der Waals surface area contributed by atoms with E-state index in [1.54, 1.807) is 11.8 Å². The molecule has 11 heavy (non-hydrogen) atoms. The zero-order chi connectivity index (χ0) is 8.10. The van der Waals surface area contributed by atoms with Crippen molar-refractivity contribution < 1.29 is 0 Å². The Morgan fingerprint density at radius 1 is 1.45 bits per heavy atom. The number of rotatable bonds is 3. The van der Waals surface area contributed by atoms with Crippen LogP contribution in [0.25, 0.3) is 0 Å². The van der Waals surface area contributed by atoms with Crippen molar-refractivity contribution in [3.8, 4) is 0 Å². The van der Waals surface area contributed by atoms with Gasteiger partial charge in [-0.1, -0.05) is 18.2 Å². The molecule has 0 aliphatic rings. The van der Waals surface area contributed by atoms with Crippen LogP contribution in [0.2, 0.25) is 0 Å². The highest BCUT2D eigenvalue weighted by molar-refractivity contribution is 7.99. The molecule has 0 atom stereocenters. The van der Waals surface area contributed by atoms with E-state index < -0.39 is 0 Å². The van der Waals surface area contributed by atoms with Crippen LogP contribution in [-0.4, -0.2) is 5.75 Å². The molecule has 58 valence electrons. The summed E-state index contributed by atoms with van der Waals surface area (Å²) in [5, 5.41) is 0. The molecule has 1 rings (SSSR count). The summed E-state index contributed by atoms with van der Waals surface area (Å²) < 4.78 is 0. The lowest BCUT2D eigenvalue weighted by molar-refractivity contribution is 1.46. The summed E-state index contributed by atoms with van der Waals surface area (Å²) in [5.41, 5.74) is 6.55. The number of anilines is 1. The number of thioether (sulfide) groups is 1.